The number of anilines is 1. The van der Waals surface area contributed by atoms with E-state index in [4.69, 9.17) is 14.2 Å². The molecule has 0 unspecified atom stereocenters. The Labute approximate surface area is 188 Å². The standard InChI is InChI=1S/C25H18FNO6/c1-31-25(30)18-4-2-3-5-20(18)27-23(28)14-32-17-10-11-19-21(13-17)33-22(24(19)29)12-15-6-8-16(26)9-7-15/h2-13H,14H2,1H3,(H,27,28). The lowest BCUT2D eigenvalue weighted by Crippen LogP contribution is -2.21. The molecule has 166 valence electrons. The molecule has 1 heterocycles. The first kappa shape index (κ1) is 21.8. The van der Waals surface area contributed by atoms with Crippen LogP contribution in [0.3, 0.4) is 0 Å². The third-order valence-electron chi connectivity index (χ3n) is 4.79. The van der Waals surface area contributed by atoms with Gasteiger partial charge in [0.15, 0.2) is 12.4 Å². The van der Waals surface area contributed by atoms with Crippen molar-refractivity contribution in [1.82, 2.24) is 0 Å². The maximum atomic E-state index is 13.1. The normalized spacial score (nSPS) is 13.3. The lowest BCUT2D eigenvalue weighted by Gasteiger charge is -2.11. The van der Waals surface area contributed by atoms with Gasteiger partial charge in [0.05, 0.1) is 23.9 Å². The molecule has 1 aliphatic rings. The van der Waals surface area contributed by atoms with Crippen LogP contribution in [0.15, 0.2) is 72.5 Å². The number of hydrogen-bond donors (Lipinski definition) is 1. The molecule has 3 aromatic carbocycles. The summed E-state index contributed by atoms with van der Waals surface area (Å²) in [4.78, 5) is 36.7. The minimum absolute atomic E-state index is 0.103. The molecule has 0 radical (unpaired) electrons. The number of carbonyl (C=O) groups is 3. The summed E-state index contributed by atoms with van der Waals surface area (Å²) in [5, 5.41) is 2.61. The number of fused-ring (bicyclic) bond motifs is 1. The molecule has 0 spiro atoms. The molecule has 4 rings (SSSR count). The Balaban J connectivity index is 1.41. The molecule has 3 aromatic rings. The average molecular weight is 447 g/mol. The monoisotopic (exact) mass is 447 g/mol. The number of ketones is 1. The van der Waals surface area contributed by atoms with Crippen LogP contribution in [0.5, 0.6) is 11.5 Å². The van der Waals surface area contributed by atoms with Crippen molar-refractivity contribution < 1.29 is 33.0 Å². The molecule has 0 saturated carbocycles. The largest absolute Gasteiger partial charge is 0.484 e. The number of carbonyl (C=O) groups excluding carboxylic acids is 3. The number of Topliss-reactive ketones (excluding diaryl/α,β-unsaturated/α-hetero) is 1. The first-order chi connectivity index (χ1) is 15.9. The van der Waals surface area contributed by atoms with Crippen LogP contribution in [-0.4, -0.2) is 31.4 Å². The predicted octanol–water partition coefficient (Wildman–Crippen LogP) is 4.25. The van der Waals surface area contributed by atoms with Gasteiger partial charge < -0.3 is 19.5 Å². The van der Waals surface area contributed by atoms with Crippen molar-refractivity contribution in [2.75, 3.05) is 19.0 Å². The van der Waals surface area contributed by atoms with Crippen LogP contribution >= 0.6 is 0 Å². The summed E-state index contributed by atoms with van der Waals surface area (Å²) in [5.74, 6) is -1.02. The van der Waals surface area contributed by atoms with E-state index in [0.717, 1.165) is 0 Å². The van der Waals surface area contributed by atoms with Gasteiger partial charge in [-0.15, -0.1) is 0 Å². The van der Waals surface area contributed by atoms with Gasteiger partial charge >= 0.3 is 5.97 Å². The summed E-state index contributed by atoms with van der Waals surface area (Å²) >= 11 is 0. The van der Waals surface area contributed by atoms with E-state index in [2.05, 4.69) is 5.32 Å². The third-order valence-corrected chi connectivity index (χ3v) is 4.79. The number of nitrogens with one attached hydrogen (secondary N) is 1. The molecule has 0 fully saturated rings. The minimum Gasteiger partial charge on any atom is -0.484 e. The number of esters is 1. The summed E-state index contributed by atoms with van der Waals surface area (Å²) < 4.78 is 28.9. The van der Waals surface area contributed by atoms with E-state index in [-0.39, 0.29) is 29.5 Å². The molecule has 1 amide bonds. The zero-order chi connectivity index (χ0) is 23.4. The van der Waals surface area contributed by atoms with Crippen molar-refractivity contribution in [2.24, 2.45) is 0 Å². The molecule has 7 nitrogen and oxygen atoms in total. The van der Waals surface area contributed by atoms with Gasteiger partial charge in [-0.1, -0.05) is 24.3 Å². The Hall–Kier alpha value is -4.46. The molecular formula is C25H18FNO6. The Morgan fingerprint density at radius 3 is 2.58 bits per heavy atom. The smallest absolute Gasteiger partial charge is 0.339 e. The van der Waals surface area contributed by atoms with Gasteiger partial charge in [-0.2, -0.15) is 0 Å². The fourth-order valence-corrected chi connectivity index (χ4v) is 3.18. The van der Waals surface area contributed by atoms with Gasteiger partial charge in [0.2, 0.25) is 5.78 Å². The van der Waals surface area contributed by atoms with E-state index >= 15 is 0 Å². The van der Waals surface area contributed by atoms with Gasteiger partial charge in [0.25, 0.3) is 5.91 Å². The highest BCUT2D eigenvalue weighted by Crippen LogP contribution is 2.35. The van der Waals surface area contributed by atoms with Gasteiger partial charge in [-0.25, -0.2) is 9.18 Å². The summed E-state index contributed by atoms with van der Waals surface area (Å²) in [7, 11) is 1.25. The summed E-state index contributed by atoms with van der Waals surface area (Å²) in [5.41, 5.74) is 1.50. The van der Waals surface area contributed by atoms with Crippen LogP contribution in [0.2, 0.25) is 0 Å². The number of allylic oxidation sites excluding steroid dienone is 1. The second-order valence-electron chi connectivity index (χ2n) is 7.02. The molecule has 0 aliphatic carbocycles. The average Bonchev–Trinajstić information content (AvgIpc) is 3.13. The molecule has 1 N–H and O–H groups in total. The van der Waals surface area contributed by atoms with Gasteiger partial charge in [0.1, 0.15) is 17.3 Å². The molecule has 0 saturated heterocycles. The fourth-order valence-electron chi connectivity index (χ4n) is 3.18. The predicted molar refractivity (Wildman–Crippen MR) is 118 cm³/mol. The van der Waals surface area contributed by atoms with Crippen molar-refractivity contribution in [3.8, 4) is 11.5 Å². The topological polar surface area (TPSA) is 90.9 Å². The van der Waals surface area contributed by atoms with Crippen molar-refractivity contribution in [2.45, 2.75) is 0 Å². The SMILES string of the molecule is COC(=O)c1ccccc1NC(=O)COc1ccc2c(c1)OC(=Cc1ccc(F)cc1)C2=O. The first-order valence-corrected chi connectivity index (χ1v) is 9.88. The van der Waals surface area contributed by atoms with Gasteiger partial charge in [-0.3, -0.25) is 9.59 Å². The Morgan fingerprint density at radius 1 is 1.06 bits per heavy atom. The van der Waals surface area contributed by atoms with Crippen LogP contribution in [0.4, 0.5) is 10.1 Å². The summed E-state index contributed by atoms with van der Waals surface area (Å²) in [6.07, 6.45) is 1.52. The second kappa shape index (κ2) is 9.35. The zero-order valence-corrected chi connectivity index (χ0v) is 17.5. The minimum atomic E-state index is -0.572. The van der Waals surface area contributed by atoms with E-state index in [1.54, 1.807) is 30.3 Å². The number of para-hydroxylation sites is 1. The molecule has 8 heteroatoms. The van der Waals surface area contributed by atoms with Crippen LogP contribution < -0.4 is 14.8 Å². The van der Waals surface area contributed by atoms with Crippen LogP contribution in [0.25, 0.3) is 6.08 Å². The number of ether oxygens (including phenoxy) is 3. The van der Waals surface area contributed by atoms with Crippen LogP contribution in [0, 0.1) is 5.82 Å². The van der Waals surface area contributed by atoms with E-state index in [0.29, 0.717) is 28.3 Å². The Kier molecular flexibility index (Phi) is 6.17. The summed E-state index contributed by atoms with van der Waals surface area (Å²) in [6.45, 7) is -0.333. The zero-order valence-electron chi connectivity index (χ0n) is 17.5. The molecule has 0 atom stereocenters. The number of amides is 1. The molecular weight excluding hydrogens is 429 g/mol. The maximum Gasteiger partial charge on any atom is 0.339 e. The fraction of sp³-hybridized carbons (Fsp3) is 0.0800. The number of benzene rings is 3. The molecule has 33 heavy (non-hydrogen) atoms. The van der Waals surface area contributed by atoms with Gasteiger partial charge in [-0.05, 0) is 48.0 Å². The molecule has 1 aliphatic heterocycles. The lowest BCUT2D eigenvalue weighted by molar-refractivity contribution is -0.118. The van der Waals surface area contributed by atoms with Crippen LogP contribution in [0.1, 0.15) is 26.3 Å². The van der Waals surface area contributed by atoms with Crippen molar-refractivity contribution in [3.05, 3.63) is 95.0 Å². The van der Waals surface area contributed by atoms with Crippen molar-refractivity contribution in [3.63, 3.8) is 0 Å². The quantitative estimate of drug-likeness (QED) is 0.449. The number of rotatable bonds is 6. The lowest BCUT2D eigenvalue weighted by atomic mass is 10.1. The Bertz CT molecular complexity index is 1270. The van der Waals surface area contributed by atoms with Crippen molar-refractivity contribution >= 4 is 29.4 Å². The second-order valence-corrected chi connectivity index (χ2v) is 7.02. The van der Waals surface area contributed by atoms with E-state index in [1.165, 1.54) is 49.6 Å². The number of methoxy groups -OCH3 is 1. The summed E-state index contributed by atoms with van der Waals surface area (Å²) in [6, 6.07) is 16.7. The van der Waals surface area contributed by atoms with Crippen LogP contribution in [-0.2, 0) is 9.53 Å². The van der Waals surface area contributed by atoms with Gasteiger partial charge in [0, 0.05) is 6.07 Å². The number of halogens is 1. The molecule has 0 aromatic heterocycles. The van der Waals surface area contributed by atoms with Crippen molar-refractivity contribution in [1.29, 1.82) is 0 Å². The van der Waals surface area contributed by atoms with E-state index < -0.39 is 11.9 Å². The third kappa shape index (κ3) is 4.90. The highest BCUT2D eigenvalue weighted by Gasteiger charge is 2.27. The first-order valence-electron chi connectivity index (χ1n) is 9.88. The Morgan fingerprint density at radius 2 is 1.82 bits per heavy atom. The molecule has 0 bridgehead atoms. The van der Waals surface area contributed by atoms with E-state index in [9.17, 15) is 18.8 Å². The highest BCUT2D eigenvalue weighted by molar-refractivity contribution is 6.14. The number of hydrogen-bond acceptors (Lipinski definition) is 6. The van der Waals surface area contributed by atoms with E-state index in [1.807, 2.05) is 0 Å². The maximum absolute atomic E-state index is 13.1. The highest BCUT2D eigenvalue weighted by atomic mass is 19.1.